The van der Waals surface area contributed by atoms with Crippen LogP contribution in [0.4, 0.5) is 0 Å². The third-order valence-electron chi connectivity index (χ3n) is 1.66. The molecule has 0 atom stereocenters. The smallest absolute Gasteiger partial charge is 0 e. The van der Waals surface area contributed by atoms with Gasteiger partial charge in [0.05, 0.1) is 0 Å². The minimum Gasteiger partial charge on any atom is -0.147 e. The zero-order chi connectivity index (χ0) is 6.81. The van der Waals surface area contributed by atoms with Gasteiger partial charge in [-0.1, -0.05) is 48.5 Å². The summed E-state index contributed by atoms with van der Waals surface area (Å²) in [5, 5.41) is 2.62. The summed E-state index contributed by atoms with van der Waals surface area (Å²) >= 11 is 0. The molecule has 2 aromatic carbocycles. The van der Waals surface area contributed by atoms with Crippen LogP contribution in [0.1, 0.15) is 0 Å². The van der Waals surface area contributed by atoms with E-state index in [2.05, 4.69) is 48.5 Å². The van der Waals surface area contributed by atoms with E-state index in [1.165, 1.54) is 10.8 Å². The van der Waals surface area contributed by atoms with Gasteiger partial charge in [-0.15, -0.1) is 24.8 Å². The number of benzene rings is 2. The Kier molecular flexibility index (Phi) is 8.66. The molecule has 2 rings (SSSR count). The molecule has 0 aliphatic carbocycles. The van der Waals surface area contributed by atoms with Crippen molar-refractivity contribution < 1.29 is 19.5 Å². The number of fused-ring (bicyclic) bond motifs is 1. The van der Waals surface area contributed by atoms with Crippen molar-refractivity contribution in [3.05, 3.63) is 48.5 Å². The Hall–Kier alpha value is -0.0966. The Morgan fingerprint density at radius 3 is 1.00 bits per heavy atom. The first-order valence-corrected chi connectivity index (χ1v) is 3.40. The molecule has 0 aliphatic rings. The van der Waals surface area contributed by atoms with E-state index < -0.39 is 0 Å². The van der Waals surface area contributed by atoms with Crippen molar-refractivity contribution in [1.29, 1.82) is 0 Å². The van der Waals surface area contributed by atoms with Crippen LogP contribution < -0.4 is 0 Å². The van der Waals surface area contributed by atoms with Gasteiger partial charge >= 0.3 is 0 Å². The van der Waals surface area contributed by atoms with Gasteiger partial charge in [-0.3, -0.25) is 0 Å². The molecule has 0 aromatic heterocycles. The third-order valence-corrected chi connectivity index (χ3v) is 1.66. The van der Waals surface area contributed by atoms with Crippen LogP contribution in [0.3, 0.4) is 0 Å². The number of hydrogen-bond donors (Lipinski definition) is 0. The van der Waals surface area contributed by atoms with Crippen LogP contribution >= 0.6 is 24.8 Å². The summed E-state index contributed by atoms with van der Waals surface area (Å²) in [5.74, 6) is 0. The van der Waals surface area contributed by atoms with E-state index in [9.17, 15) is 0 Å². The van der Waals surface area contributed by atoms with Gasteiger partial charge in [0.15, 0.2) is 0 Å². The van der Waals surface area contributed by atoms with Gasteiger partial charge in [0.1, 0.15) is 0 Å². The van der Waals surface area contributed by atoms with Crippen molar-refractivity contribution in [1.82, 2.24) is 0 Å². The second kappa shape index (κ2) is 7.32. The maximum atomic E-state index is 2.12. The molecule has 0 amide bonds. The molecule has 0 radical (unpaired) electrons. The minimum atomic E-state index is 0. The standard InChI is InChI=1S/C10H8.2ClH.Ru/c1-2-6-10-8-4-3-7-9(10)5-1;;;/h1-8H;2*1H;. The van der Waals surface area contributed by atoms with E-state index in [-0.39, 0.29) is 44.3 Å². The molecule has 0 spiro atoms. The van der Waals surface area contributed by atoms with Crippen molar-refractivity contribution in [2.24, 2.45) is 0 Å². The predicted octanol–water partition coefficient (Wildman–Crippen LogP) is 3.68. The van der Waals surface area contributed by atoms with Crippen molar-refractivity contribution in [3.8, 4) is 0 Å². The zero-order valence-corrected chi connectivity index (χ0v) is 10.2. The van der Waals surface area contributed by atoms with Gasteiger partial charge in [0.2, 0.25) is 0 Å². The van der Waals surface area contributed by atoms with Crippen molar-refractivity contribution in [2.75, 3.05) is 0 Å². The Morgan fingerprint density at radius 2 is 0.769 bits per heavy atom. The fraction of sp³-hybridized carbons (Fsp3) is 0. The van der Waals surface area contributed by atoms with E-state index >= 15 is 0 Å². The van der Waals surface area contributed by atoms with E-state index in [0.29, 0.717) is 0 Å². The molecule has 2 aromatic rings. The summed E-state index contributed by atoms with van der Waals surface area (Å²) in [6, 6.07) is 16.7. The maximum absolute atomic E-state index is 2.12. The van der Waals surface area contributed by atoms with Crippen molar-refractivity contribution >= 4 is 35.6 Å². The van der Waals surface area contributed by atoms with Crippen LogP contribution in [0, 0.1) is 0 Å². The van der Waals surface area contributed by atoms with Crippen LogP contribution in [0.15, 0.2) is 48.5 Å². The predicted molar refractivity (Wildman–Crippen MR) is 58.4 cm³/mol. The number of hydrogen-bond acceptors (Lipinski definition) is 0. The van der Waals surface area contributed by atoms with E-state index in [4.69, 9.17) is 0 Å². The summed E-state index contributed by atoms with van der Waals surface area (Å²) in [7, 11) is 0. The van der Waals surface area contributed by atoms with Gasteiger partial charge in [-0.05, 0) is 10.8 Å². The normalized spacial score (nSPS) is 7.69. The first-order chi connectivity index (χ1) is 4.97. The van der Waals surface area contributed by atoms with Crippen molar-refractivity contribution in [3.63, 3.8) is 0 Å². The largest absolute Gasteiger partial charge is 0.147 e. The Bertz CT molecular complexity index is 284. The van der Waals surface area contributed by atoms with Gasteiger partial charge in [0.25, 0.3) is 0 Å². The van der Waals surface area contributed by atoms with Gasteiger partial charge in [0, 0.05) is 19.5 Å². The molecule has 0 N–H and O–H groups in total. The molecule has 0 bridgehead atoms. The van der Waals surface area contributed by atoms with Crippen molar-refractivity contribution in [2.45, 2.75) is 0 Å². The van der Waals surface area contributed by atoms with Crippen LogP contribution in [0.2, 0.25) is 0 Å². The van der Waals surface area contributed by atoms with E-state index in [1.807, 2.05) is 0 Å². The molecule has 3 heteroatoms. The molecule has 0 aliphatic heterocycles. The fourth-order valence-corrected chi connectivity index (χ4v) is 1.13. The monoisotopic (exact) mass is 302 g/mol. The topological polar surface area (TPSA) is 0 Å². The number of rotatable bonds is 0. The first-order valence-electron chi connectivity index (χ1n) is 3.40. The molecule has 0 unspecified atom stereocenters. The van der Waals surface area contributed by atoms with Gasteiger partial charge in [-0.25, -0.2) is 0 Å². The molecular formula is C10H10Cl2Ru. The second-order valence-electron chi connectivity index (χ2n) is 2.35. The first kappa shape index (κ1) is 15.4. The molecule has 0 saturated heterocycles. The summed E-state index contributed by atoms with van der Waals surface area (Å²) in [5.41, 5.74) is 0. The quantitative estimate of drug-likeness (QED) is 0.651. The van der Waals surface area contributed by atoms with Crippen LogP contribution in [0.5, 0.6) is 0 Å². The maximum Gasteiger partial charge on any atom is 0 e. The average molecular weight is 302 g/mol. The SMILES string of the molecule is Cl.Cl.[Ru].c1ccc2ccccc2c1. The summed E-state index contributed by atoms with van der Waals surface area (Å²) in [6.45, 7) is 0. The zero-order valence-electron chi connectivity index (χ0n) is 6.79. The summed E-state index contributed by atoms with van der Waals surface area (Å²) in [6.07, 6.45) is 0. The van der Waals surface area contributed by atoms with Crippen LogP contribution in [-0.2, 0) is 19.5 Å². The Morgan fingerprint density at radius 1 is 0.538 bits per heavy atom. The summed E-state index contributed by atoms with van der Waals surface area (Å²) in [4.78, 5) is 0. The van der Waals surface area contributed by atoms with E-state index in [0.717, 1.165) is 0 Å². The molecule has 0 heterocycles. The Labute approximate surface area is 103 Å². The minimum absolute atomic E-state index is 0. The molecule has 0 fully saturated rings. The average Bonchev–Trinajstić information content (AvgIpc) is 2.05. The van der Waals surface area contributed by atoms with Gasteiger partial charge < -0.3 is 0 Å². The van der Waals surface area contributed by atoms with Crippen LogP contribution in [-0.4, -0.2) is 0 Å². The number of halogens is 2. The molecular weight excluding hydrogens is 292 g/mol. The molecule has 13 heavy (non-hydrogen) atoms. The second-order valence-corrected chi connectivity index (χ2v) is 2.35. The third kappa shape index (κ3) is 3.64. The fourth-order valence-electron chi connectivity index (χ4n) is 1.13. The van der Waals surface area contributed by atoms with Gasteiger partial charge in [-0.2, -0.15) is 0 Å². The Balaban J connectivity index is 0. The van der Waals surface area contributed by atoms with Crippen LogP contribution in [0.25, 0.3) is 10.8 Å². The molecule has 0 saturated carbocycles. The summed E-state index contributed by atoms with van der Waals surface area (Å²) < 4.78 is 0. The molecule has 72 valence electrons. The van der Waals surface area contributed by atoms with E-state index in [1.54, 1.807) is 0 Å². The molecule has 0 nitrogen and oxygen atoms in total.